The lowest BCUT2D eigenvalue weighted by Gasteiger charge is -2.45. The summed E-state index contributed by atoms with van der Waals surface area (Å²) in [5, 5.41) is 8.98. The van der Waals surface area contributed by atoms with E-state index in [9.17, 15) is 0 Å². The average Bonchev–Trinajstić information content (AvgIpc) is 2.74. The first-order valence-electron chi connectivity index (χ1n) is 11.4. The van der Waals surface area contributed by atoms with Crippen LogP contribution in [0.4, 0.5) is 0 Å². The van der Waals surface area contributed by atoms with Gasteiger partial charge in [0.15, 0.2) is 0 Å². The Balaban J connectivity index is 1.27. The SMILES string of the molecule is CCOC1CCC2CC(C3CCC(c4ccc(C#N)cc4)CC3)CCC2C1. The van der Waals surface area contributed by atoms with Crippen molar-refractivity contribution in [1.82, 2.24) is 0 Å². The van der Waals surface area contributed by atoms with Gasteiger partial charge in [0.05, 0.1) is 17.7 Å². The van der Waals surface area contributed by atoms with E-state index in [0.29, 0.717) is 12.0 Å². The van der Waals surface area contributed by atoms with Gasteiger partial charge in [0.2, 0.25) is 0 Å². The van der Waals surface area contributed by atoms with Crippen LogP contribution in [0.15, 0.2) is 24.3 Å². The molecule has 3 fully saturated rings. The van der Waals surface area contributed by atoms with Gasteiger partial charge in [-0.05, 0) is 118 Å². The lowest BCUT2D eigenvalue weighted by molar-refractivity contribution is -0.0205. The molecule has 1 aromatic carbocycles. The smallest absolute Gasteiger partial charge is 0.0991 e. The number of benzene rings is 1. The van der Waals surface area contributed by atoms with Gasteiger partial charge in [-0.15, -0.1) is 0 Å². The van der Waals surface area contributed by atoms with Crippen LogP contribution in [-0.2, 0) is 4.74 Å². The maximum absolute atomic E-state index is 8.98. The molecule has 0 N–H and O–H groups in total. The van der Waals surface area contributed by atoms with Crippen LogP contribution in [0.1, 0.15) is 88.2 Å². The fraction of sp³-hybridized carbons (Fsp3) is 0.720. The molecule has 0 saturated heterocycles. The van der Waals surface area contributed by atoms with Crippen molar-refractivity contribution in [3.05, 3.63) is 35.4 Å². The molecule has 3 saturated carbocycles. The van der Waals surface area contributed by atoms with E-state index in [4.69, 9.17) is 10.00 Å². The van der Waals surface area contributed by atoms with E-state index in [1.807, 2.05) is 12.1 Å². The maximum Gasteiger partial charge on any atom is 0.0991 e. The van der Waals surface area contributed by atoms with Gasteiger partial charge in [-0.25, -0.2) is 0 Å². The molecule has 4 rings (SSSR count). The second-order valence-electron chi connectivity index (χ2n) is 9.33. The molecule has 1 aromatic rings. The summed E-state index contributed by atoms with van der Waals surface area (Å²) in [6, 6.07) is 10.6. The highest BCUT2D eigenvalue weighted by atomic mass is 16.5. The molecule has 4 atom stereocenters. The van der Waals surface area contributed by atoms with Crippen molar-refractivity contribution >= 4 is 0 Å². The summed E-state index contributed by atoms with van der Waals surface area (Å²) >= 11 is 0. The standard InChI is InChI=1S/C25H35NO/c1-2-27-25-14-13-23-15-22(11-12-24(23)16-25)21-9-7-20(8-10-21)19-5-3-18(17-26)4-6-19/h3-6,20-25H,2,7-16H2,1H3. The minimum atomic E-state index is 0.552. The molecule has 2 heteroatoms. The van der Waals surface area contributed by atoms with Gasteiger partial charge in [-0.1, -0.05) is 12.1 Å². The van der Waals surface area contributed by atoms with E-state index in [0.717, 1.165) is 35.8 Å². The first-order valence-corrected chi connectivity index (χ1v) is 11.4. The lowest BCUT2D eigenvalue weighted by atomic mass is 9.62. The van der Waals surface area contributed by atoms with E-state index in [-0.39, 0.29) is 0 Å². The Morgan fingerprint density at radius 2 is 1.41 bits per heavy atom. The van der Waals surface area contributed by atoms with Gasteiger partial charge in [0.1, 0.15) is 0 Å². The minimum Gasteiger partial charge on any atom is -0.378 e. The van der Waals surface area contributed by atoms with Crippen molar-refractivity contribution in [2.24, 2.45) is 23.7 Å². The van der Waals surface area contributed by atoms with Gasteiger partial charge < -0.3 is 4.74 Å². The normalized spacial score (nSPS) is 36.6. The zero-order chi connectivity index (χ0) is 18.6. The molecule has 0 aromatic heterocycles. The molecule has 0 spiro atoms. The van der Waals surface area contributed by atoms with Crippen molar-refractivity contribution in [3.8, 4) is 6.07 Å². The van der Waals surface area contributed by atoms with Crippen LogP contribution in [0.3, 0.4) is 0 Å². The Kier molecular flexibility index (Phi) is 6.18. The predicted octanol–water partition coefficient (Wildman–Crippen LogP) is 6.45. The zero-order valence-electron chi connectivity index (χ0n) is 16.9. The third-order valence-corrected chi connectivity index (χ3v) is 7.96. The molecular formula is C25H35NO. The quantitative estimate of drug-likeness (QED) is 0.614. The fourth-order valence-corrected chi connectivity index (χ4v) is 6.45. The van der Waals surface area contributed by atoms with Crippen LogP contribution in [0.2, 0.25) is 0 Å². The zero-order valence-corrected chi connectivity index (χ0v) is 16.9. The third kappa shape index (κ3) is 4.40. The Morgan fingerprint density at radius 3 is 2.07 bits per heavy atom. The molecule has 27 heavy (non-hydrogen) atoms. The number of nitrogens with zero attached hydrogens (tertiary/aromatic N) is 1. The number of fused-ring (bicyclic) bond motifs is 1. The summed E-state index contributed by atoms with van der Waals surface area (Å²) in [6.45, 7) is 3.02. The first kappa shape index (κ1) is 19.0. The van der Waals surface area contributed by atoms with Crippen LogP contribution >= 0.6 is 0 Å². The summed E-state index contributed by atoms with van der Waals surface area (Å²) in [5.74, 6) is 4.59. The predicted molar refractivity (Wildman–Crippen MR) is 109 cm³/mol. The van der Waals surface area contributed by atoms with Gasteiger partial charge in [-0.2, -0.15) is 5.26 Å². The van der Waals surface area contributed by atoms with E-state index in [1.165, 1.54) is 69.8 Å². The van der Waals surface area contributed by atoms with Gasteiger partial charge in [-0.3, -0.25) is 0 Å². The van der Waals surface area contributed by atoms with Crippen molar-refractivity contribution in [2.75, 3.05) is 6.61 Å². The highest BCUT2D eigenvalue weighted by molar-refractivity contribution is 5.33. The summed E-state index contributed by atoms with van der Waals surface area (Å²) in [4.78, 5) is 0. The maximum atomic E-state index is 8.98. The average molecular weight is 366 g/mol. The van der Waals surface area contributed by atoms with E-state index in [1.54, 1.807) is 0 Å². The van der Waals surface area contributed by atoms with Gasteiger partial charge in [0.25, 0.3) is 0 Å². The minimum absolute atomic E-state index is 0.552. The number of hydrogen-bond donors (Lipinski definition) is 0. The lowest BCUT2D eigenvalue weighted by Crippen LogP contribution is -2.36. The van der Waals surface area contributed by atoms with Crippen LogP contribution in [0.5, 0.6) is 0 Å². The summed E-state index contributed by atoms with van der Waals surface area (Å²) in [6.07, 6.45) is 14.5. The number of ether oxygens (including phenoxy) is 1. The molecule has 0 radical (unpaired) electrons. The molecule has 3 aliphatic rings. The Morgan fingerprint density at radius 1 is 0.815 bits per heavy atom. The molecular weight excluding hydrogens is 330 g/mol. The molecule has 2 nitrogen and oxygen atoms in total. The summed E-state index contributed by atoms with van der Waals surface area (Å²) < 4.78 is 5.93. The molecule has 3 aliphatic carbocycles. The van der Waals surface area contributed by atoms with Crippen molar-refractivity contribution in [1.29, 1.82) is 5.26 Å². The van der Waals surface area contributed by atoms with Crippen LogP contribution in [0, 0.1) is 35.0 Å². The van der Waals surface area contributed by atoms with Crippen LogP contribution in [-0.4, -0.2) is 12.7 Å². The highest BCUT2D eigenvalue weighted by Crippen LogP contribution is 2.49. The van der Waals surface area contributed by atoms with E-state index >= 15 is 0 Å². The van der Waals surface area contributed by atoms with Gasteiger partial charge in [0, 0.05) is 6.61 Å². The van der Waals surface area contributed by atoms with Crippen molar-refractivity contribution in [3.63, 3.8) is 0 Å². The summed E-state index contributed by atoms with van der Waals surface area (Å²) in [5.41, 5.74) is 2.23. The molecule has 0 heterocycles. The molecule has 4 unspecified atom stereocenters. The van der Waals surface area contributed by atoms with Crippen molar-refractivity contribution in [2.45, 2.75) is 83.2 Å². The largest absolute Gasteiger partial charge is 0.378 e. The Labute approximate surface area is 165 Å². The van der Waals surface area contributed by atoms with Crippen LogP contribution in [0.25, 0.3) is 0 Å². The van der Waals surface area contributed by atoms with E-state index < -0.39 is 0 Å². The number of rotatable bonds is 4. The molecule has 0 aliphatic heterocycles. The number of nitriles is 1. The fourth-order valence-electron chi connectivity index (χ4n) is 6.45. The van der Waals surface area contributed by atoms with Gasteiger partial charge >= 0.3 is 0 Å². The first-order chi connectivity index (χ1) is 13.3. The topological polar surface area (TPSA) is 33.0 Å². The van der Waals surface area contributed by atoms with E-state index in [2.05, 4.69) is 25.1 Å². The number of hydrogen-bond acceptors (Lipinski definition) is 2. The molecule has 0 amide bonds. The third-order valence-electron chi connectivity index (χ3n) is 7.96. The second-order valence-corrected chi connectivity index (χ2v) is 9.33. The summed E-state index contributed by atoms with van der Waals surface area (Å²) in [7, 11) is 0. The Hall–Kier alpha value is -1.33. The van der Waals surface area contributed by atoms with Crippen LogP contribution < -0.4 is 0 Å². The molecule has 0 bridgehead atoms. The Bertz CT molecular complexity index is 637. The molecule has 146 valence electrons. The van der Waals surface area contributed by atoms with Crippen molar-refractivity contribution < 1.29 is 4.74 Å². The highest BCUT2D eigenvalue weighted by Gasteiger charge is 2.39. The second kappa shape index (κ2) is 8.78. The monoisotopic (exact) mass is 365 g/mol.